The smallest absolute Gasteiger partial charge is 0.139 e. The van der Waals surface area contributed by atoms with E-state index in [0.717, 1.165) is 31.2 Å². The third-order valence-electron chi connectivity index (χ3n) is 3.31. The zero-order valence-corrected chi connectivity index (χ0v) is 14.4. The summed E-state index contributed by atoms with van der Waals surface area (Å²) in [5.41, 5.74) is 1.77. The van der Waals surface area contributed by atoms with Gasteiger partial charge in [-0.15, -0.1) is 11.3 Å². The number of hydrogen-bond donors (Lipinski definition) is 1. The van der Waals surface area contributed by atoms with Crippen molar-refractivity contribution in [3.05, 3.63) is 62.2 Å². The van der Waals surface area contributed by atoms with E-state index in [4.69, 9.17) is 11.6 Å². The lowest BCUT2D eigenvalue weighted by Crippen LogP contribution is -2.00. The molecule has 1 N–H and O–H groups in total. The number of rotatable bonds is 3. The van der Waals surface area contributed by atoms with E-state index < -0.39 is 0 Å². The average Bonchev–Trinajstić information content (AvgIpc) is 2.79. The molecule has 1 heterocycles. The Morgan fingerprint density at radius 2 is 2.05 bits per heavy atom. The van der Waals surface area contributed by atoms with Crippen molar-refractivity contribution in [3.63, 3.8) is 0 Å². The minimum atomic E-state index is -0.273. The van der Waals surface area contributed by atoms with Crippen molar-refractivity contribution in [1.29, 1.82) is 0 Å². The molecule has 21 heavy (non-hydrogen) atoms. The Bertz CT molecular complexity index is 815. The number of hydrogen-bond acceptors (Lipinski definition) is 2. The van der Waals surface area contributed by atoms with Gasteiger partial charge in [0, 0.05) is 20.7 Å². The van der Waals surface area contributed by atoms with Crippen molar-refractivity contribution in [2.24, 2.45) is 0 Å². The predicted octanol–water partition coefficient (Wildman–Crippen LogP) is 6.38. The van der Waals surface area contributed by atoms with Gasteiger partial charge in [0.15, 0.2) is 0 Å². The quantitative estimate of drug-likeness (QED) is 0.552. The molecule has 0 unspecified atom stereocenters. The first-order chi connectivity index (χ1) is 10.1. The molecule has 0 saturated carbocycles. The molecule has 0 radical (unpaired) electrons. The van der Waals surface area contributed by atoms with Crippen LogP contribution in [0.4, 0.5) is 10.1 Å². The molecule has 0 aliphatic rings. The SMILES string of the molecule is Cc1cc(Br)c(F)cc1NCc1sc2ccccc2c1Cl. The van der Waals surface area contributed by atoms with Gasteiger partial charge in [-0.2, -0.15) is 0 Å². The monoisotopic (exact) mass is 383 g/mol. The fraction of sp³-hybridized carbons (Fsp3) is 0.125. The highest BCUT2D eigenvalue weighted by Crippen LogP contribution is 2.35. The van der Waals surface area contributed by atoms with Gasteiger partial charge in [-0.25, -0.2) is 4.39 Å². The van der Waals surface area contributed by atoms with Crippen LogP contribution >= 0.6 is 38.9 Å². The van der Waals surface area contributed by atoms with Gasteiger partial charge in [0.05, 0.1) is 16.0 Å². The number of aryl methyl sites for hydroxylation is 1. The van der Waals surface area contributed by atoms with Crippen LogP contribution in [0.25, 0.3) is 10.1 Å². The van der Waals surface area contributed by atoms with Crippen molar-refractivity contribution in [1.82, 2.24) is 0 Å². The summed E-state index contributed by atoms with van der Waals surface area (Å²) in [5.74, 6) is -0.273. The van der Waals surface area contributed by atoms with Gasteiger partial charge >= 0.3 is 0 Å². The molecule has 0 amide bonds. The van der Waals surface area contributed by atoms with Crippen LogP contribution in [0.5, 0.6) is 0 Å². The zero-order chi connectivity index (χ0) is 15.0. The summed E-state index contributed by atoms with van der Waals surface area (Å²) < 4.78 is 15.3. The molecule has 1 nitrogen and oxygen atoms in total. The Hall–Kier alpha value is -1.10. The molecule has 3 aromatic rings. The first kappa shape index (κ1) is 14.8. The number of benzene rings is 2. The molecular weight excluding hydrogens is 373 g/mol. The Kier molecular flexibility index (Phi) is 4.20. The van der Waals surface area contributed by atoms with Crippen molar-refractivity contribution in [3.8, 4) is 0 Å². The van der Waals surface area contributed by atoms with Crippen LogP contribution in [-0.2, 0) is 6.54 Å². The maximum atomic E-state index is 13.6. The van der Waals surface area contributed by atoms with Gasteiger partial charge in [0.2, 0.25) is 0 Å². The molecule has 0 atom stereocenters. The summed E-state index contributed by atoms with van der Waals surface area (Å²) in [6.45, 7) is 2.53. The topological polar surface area (TPSA) is 12.0 Å². The van der Waals surface area contributed by atoms with Gasteiger partial charge in [-0.3, -0.25) is 0 Å². The summed E-state index contributed by atoms with van der Waals surface area (Å²) >= 11 is 11.3. The maximum Gasteiger partial charge on any atom is 0.139 e. The van der Waals surface area contributed by atoms with Crippen LogP contribution in [0.3, 0.4) is 0 Å². The number of thiophene rings is 1. The second-order valence-corrected chi connectivity index (χ2v) is 7.14. The lowest BCUT2D eigenvalue weighted by atomic mass is 10.2. The van der Waals surface area contributed by atoms with Crippen molar-refractivity contribution >= 4 is 54.6 Å². The highest BCUT2D eigenvalue weighted by molar-refractivity contribution is 9.10. The predicted molar refractivity (Wildman–Crippen MR) is 93.0 cm³/mol. The molecule has 108 valence electrons. The molecule has 0 spiro atoms. The van der Waals surface area contributed by atoms with E-state index in [9.17, 15) is 4.39 Å². The molecule has 0 fully saturated rings. The van der Waals surface area contributed by atoms with Crippen LogP contribution in [0.15, 0.2) is 40.9 Å². The van der Waals surface area contributed by atoms with Gasteiger partial charge < -0.3 is 5.32 Å². The van der Waals surface area contributed by atoms with Gasteiger partial charge in [0.25, 0.3) is 0 Å². The molecular formula is C16H12BrClFNS. The minimum absolute atomic E-state index is 0.273. The summed E-state index contributed by atoms with van der Waals surface area (Å²) in [4.78, 5) is 1.06. The van der Waals surface area contributed by atoms with E-state index in [1.165, 1.54) is 6.07 Å². The van der Waals surface area contributed by atoms with E-state index in [1.54, 1.807) is 17.4 Å². The van der Waals surface area contributed by atoms with Gasteiger partial charge in [0.1, 0.15) is 5.82 Å². The normalized spacial score (nSPS) is 11.0. The van der Waals surface area contributed by atoms with E-state index in [1.807, 2.05) is 25.1 Å². The van der Waals surface area contributed by atoms with Crippen molar-refractivity contribution in [2.45, 2.75) is 13.5 Å². The maximum absolute atomic E-state index is 13.6. The Morgan fingerprint density at radius 3 is 2.81 bits per heavy atom. The third kappa shape index (κ3) is 2.93. The molecule has 2 aromatic carbocycles. The fourth-order valence-corrected chi connectivity index (χ4v) is 4.09. The van der Waals surface area contributed by atoms with Gasteiger partial charge in [-0.1, -0.05) is 29.8 Å². The van der Waals surface area contributed by atoms with Crippen LogP contribution in [0.2, 0.25) is 5.02 Å². The largest absolute Gasteiger partial charge is 0.380 e. The number of halogens is 3. The average molecular weight is 385 g/mol. The Balaban J connectivity index is 1.87. The molecule has 0 aliphatic heterocycles. The van der Waals surface area contributed by atoms with Crippen LogP contribution in [0.1, 0.15) is 10.4 Å². The van der Waals surface area contributed by atoms with E-state index >= 15 is 0 Å². The van der Waals surface area contributed by atoms with Gasteiger partial charge in [-0.05, 0) is 46.6 Å². The fourth-order valence-electron chi connectivity index (χ4n) is 2.19. The molecule has 1 aromatic heterocycles. The first-order valence-electron chi connectivity index (χ1n) is 6.41. The minimum Gasteiger partial charge on any atom is -0.380 e. The first-order valence-corrected chi connectivity index (χ1v) is 8.40. The molecule has 0 bridgehead atoms. The highest BCUT2D eigenvalue weighted by Gasteiger charge is 2.11. The number of nitrogens with one attached hydrogen (secondary N) is 1. The van der Waals surface area contributed by atoms with Crippen LogP contribution in [-0.4, -0.2) is 0 Å². The third-order valence-corrected chi connectivity index (χ3v) is 5.63. The molecule has 3 rings (SSSR count). The standard InChI is InChI=1S/C16H12BrClFNS/c1-9-6-11(17)12(19)7-13(9)20-8-15-16(18)10-4-2-3-5-14(10)21-15/h2-7,20H,8H2,1H3. The second kappa shape index (κ2) is 5.95. The summed E-state index contributed by atoms with van der Waals surface area (Å²) in [5, 5.41) is 5.11. The van der Waals surface area contributed by atoms with E-state index in [2.05, 4.69) is 27.3 Å². The second-order valence-electron chi connectivity index (χ2n) is 4.77. The Morgan fingerprint density at radius 1 is 1.29 bits per heavy atom. The lowest BCUT2D eigenvalue weighted by molar-refractivity contribution is 0.621. The molecule has 0 saturated heterocycles. The molecule has 5 heteroatoms. The number of anilines is 1. The number of fused-ring (bicyclic) bond motifs is 1. The van der Waals surface area contributed by atoms with Crippen molar-refractivity contribution in [2.75, 3.05) is 5.32 Å². The van der Waals surface area contributed by atoms with E-state index in [0.29, 0.717) is 11.0 Å². The summed E-state index contributed by atoms with van der Waals surface area (Å²) in [6.07, 6.45) is 0. The molecule has 0 aliphatic carbocycles. The zero-order valence-electron chi connectivity index (χ0n) is 11.2. The summed E-state index contributed by atoms with van der Waals surface area (Å²) in [6, 6.07) is 11.3. The summed E-state index contributed by atoms with van der Waals surface area (Å²) in [7, 11) is 0. The Labute approximate surface area is 139 Å². The lowest BCUT2D eigenvalue weighted by Gasteiger charge is -2.10. The van der Waals surface area contributed by atoms with Crippen molar-refractivity contribution < 1.29 is 4.39 Å². The van der Waals surface area contributed by atoms with E-state index in [-0.39, 0.29) is 5.82 Å². The van der Waals surface area contributed by atoms with Crippen LogP contribution in [0, 0.1) is 12.7 Å². The highest BCUT2D eigenvalue weighted by atomic mass is 79.9. The van der Waals surface area contributed by atoms with Crippen LogP contribution < -0.4 is 5.32 Å².